The van der Waals surface area contributed by atoms with Crippen molar-refractivity contribution in [1.82, 2.24) is 0 Å². The minimum atomic E-state index is -0.487. The fraction of sp³-hybridized carbons (Fsp3) is 0.647. The average molecular weight is 295 g/mol. The molecule has 1 aromatic carbocycles. The van der Waals surface area contributed by atoms with Gasteiger partial charge in [-0.15, -0.1) is 0 Å². The SMILES string of the molecule is CCCC(C)(C)[SiH2]OCCc1ccccc1C(O)CC. The van der Waals surface area contributed by atoms with E-state index in [2.05, 4.69) is 26.8 Å². The monoisotopic (exact) mass is 294 g/mol. The summed E-state index contributed by atoms with van der Waals surface area (Å²) in [5.41, 5.74) is 2.29. The van der Waals surface area contributed by atoms with Gasteiger partial charge in [0.1, 0.15) is 0 Å². The molecule has 2 nitrogen and oxygen atoms in total. The van der Waals surface area contributed by atoms with Gasteiger partial charge < -0.3 is 9.53 Å². The number of rotatable bonds is 9. The summed E-state index contributed by atoms with van der Waals surface area (Å²) in [6.45, 7) is 9.67. The van der Waals surface area contributed by atoms with Crippen LogP contribution in [0.25, 0.3) is 0 Å². The molecule has 114 valence electrons. The third-order valence-electron chi connectivity index (χ3n) is 3.74. The van der Waals surface area contributed by atoms with Gasteiger partial charge >= 0.3 is 0 Å². The molecular formula is C17H30O2Si. The van der Waals surface area contributed by atoms with E-state index in [1.54, 1.807) is 0 Å². The van der Waals surface area contributed by atoms with Crippen LogP contribution in [0.1, 0.15) is 64.2 Å². The molecule has 0 saturated carbocycles. The third kappa shape index (κ3) is 5.78. The first-order chi connectivity index (χ1) is 9.50. The van der Waals surface area contributed by atoms with Crippen molar-refractivity contribution in [3.05, 3.63) is 35.4 Å². The molecule has 1 N–H and O–H groups in total. The second-order valence-corrected chi connectivity index (χ2v) is 8.95. The Bertz CT molecular complexity index is 390. The standard InChI is InChI=1S/C17H30O2Si/c1-5-12-17(3,4)20-19-13-11-14-9-7-8-10-15(14)16(18)6-2/h7-10,16,18H,5-6,11-13,20H2,1-4H3. The van der Waals surface area contributed by atoms with Crippen LogP contribution in [-0.4, -0.2) is 21.5 Å². The van der Waals surface area contributed by atoms with Crippen molar-refractivity contribution < 1.29 is 9.53 Å². The Kier molecular flexibility index (Phi) is 7.49. The second kappa shape index (κ2) is 8.60. The Hall–Kier alpha value is -0.643. The van der Waals surface area contributed by atoms with Crippen molar-refractivity contribution in [2.75, 3.05) is 6.61 Å². The van der Waals surface area contributed by atoms with E-state index in [0.717, 1.165) is 25.0 Å². The van der Waals surface area contributed by atoms with E-state index in [1.807, 2.05) is 25.1 Å². The molecule has 0 fully saturated rings. The summed E-state index contributed by atoms with van der Waals surface area (Å²) in [6, 6.07) is 8.18. The molecule has 1 rings (SSSR count). The zero-order chi connectivity index (χ0) is 15.0. The summed E-state index contributed by atoms with van der Waals surface area (Å²) >= 11 is 0. The Balaban J connectivity index is 2.46. The van der Waals surface area contributed by atoms with E-state index in [9.17, 15) is 5.11 Å². The molecule has 20 heavy (non-hydrogen) atoms. The van der Waals surface area contributed by atoms with Gasteiger partial charge in [0, 0.05) is 6.61 Å². The van der Waals surface area contributed by atoms with Crippen molar-refractivity contribution >= 4 is 9.76 Å². The molecule has 0 saturated heterocycles. The van der Waals surface area contributed by atoms with Crippen LogP contribution < -0.4 is 0 Å². The van der Waals surface area contributed by atoms with Crippen LogP contribution in [0.15, 0.2) is 24.3 Å². The van der Waals surface area contributed by atoms with Gasteiger partial charge in [-0.25, -0.2) is 0 Å². The summed E-state index contributed by atoms with van der Waals surface area (Å²) in [7, 11) is -0.487. The number of hydrogen-bond donors (Lipinski definition) is 1. The van der Waals surface area contributed by atoms with E-state index in [1.165, 1.54) is 18.4 Å². The van der Waals surface area contributed by atoms with E-state index < -0.39 is 9.76 Å². The van der Waals surface area contributed by atoms with Crippen molar-refractivity contribution in [3.8, 4) is 0 Å². The van der Waals surface area contributed by atoms with Gasteiger partial charge in [0.25, 0.3) is 0 Å². The summed E-state index contributed by atoms with van der Waals surface area (Å²) in [5, 5.41) is 10.4. The number of hydrogen-bond acceptors (Lipinski definition) is 2. The maximum atomic E-state index is 10.0. The van der Waals surface area contributed by atoms with Gasteiger partial charge in [-0.3, -0.25) is 0 Å². The molecule has 0 radical (unpaired) electrons. The minimum Gasteiger partial charge on any atom is -0.423 e. The Morgan fingerprint density at radius 2 is 1.95 bits per heavy atom. The first-order valence-corrected chi connectivity index (χ1v) is 9.12. The number of benzene rings is 1. The molecule has 0 aliphatic rings. The van der Waals surface area contributed by atoms with Gasteiger partial charge in [-0.2, -0.15) is 0 Å². The Morgan fingerprint density at radius 1 is 1.25 bits per heavy atom. The normalized spacial score (nSPS) is 14.1. The third-order valence-corrected chi connectivity index (χ3v) is 5.36. The highest BCUT2D eigenvalue weighted by molar-refractivity contribution is 6.31. The first kappa shape index (κ1) is 17.4. The average Bonchev–Trinajstić information content (AvgIpc) is 2.43. The molecule has 0 bridgehead atoms. The molecule has 0 aliphatic carbocycles. The van der Waals surface area contributed by atoms with Crippen LogP contribution in [0, 0.1) is 0 Å². The van der Waals surface area contributed by atoms with Gasteiger partial charge in [0.2, 0.25) is 0 Å². The topological polar surface area (TPSA) is 29.5 Å². The van der Waals surface area contributed by atoms with Crippen LogP contribution in [0.3, 0.4) is 0 Å². The largest absolute Gasteiger partial charge is 0.423 e. The summed E-state index contributed by atoms with van der Waals surface area (Å²) in [6.07, 6.45) is 3.80. The summed E-state index contributed by atoms with van der Waals surface area (Å²) in [5.74, 6) is 0. The molecule has 0 spiro atoms. The lowest BCUT2D eigenvalue weighted by molar-refractivity contribution is 0.172. The van der Waals surface area contributed by atoms with Crippen LogP contribution in [0.4, 0.5) is 0 Å². The van der Waals surface area contributed by atoms with Crippen molar-refractivity contribution in [2.24, 2.45) is 0 Å². The van der Waals surface area contributed by atoms with E-state index >= 15 is 0 Å². The van der Waals surface area contributed by atoms with Gasteiger partial charge in [0.15, 0.2) is 9.76 Å². The lowest BCUT2D eigenvalue weighted by Gasteiger charge is -2.23. The van der Waals surface area contributed by atoms with E-state index in [4.69, 9.17) is 4.43 Å². The van der Waals surface area contributed by atoms with Crippen LogP contribution in [0.5, 0.6) is 0 Å². The molecule has 0 amide bonds. The smallest absolute Gasteiger partial charge is 0.167 e. The quantitative estimate of drug-likeness (QED) is 0.555. The maximum absolute atomic E-state index is 10.0. The number of aliphatic hydroxyl groups is 1. The molecule has 1 unspecified atom stereocenters. The van der Waals surface area contributed by atoms with Crippen molar-refractivity contribution in [1.29, 1.82) is 0 Å². The minimum absolute atomic E-state index is 0.347. The summed E-state index contributed by atoms with van der Waals surface area (Å²) < 4.78 is 5.98. The zero-order valence-electron chi connectivity index (χ0n) is 13.5. The summed E-state index contributed by atoms with van der Waals surface area (Å²) in [4.78, 5) is 0. The van der Waals surface area contributed by atoms with Crippen LogP contribution in [-0.2, 0) is 10.8 Å². The van der Waals surface area contributed by atoms with E-state index in [0.29, 0.717) is 5.04 Å². The molecule has 3 heteroatoms. The maximum Gasteiger partial charge on any atom is 0.167 e. The molecule has 0 heterocycles. The van der Waals surface area contributed by atoms with Crippen LogP contribution in [0.2, 0.25) is 5.04 Å². The molecule has 0 aliphatic heterocycles. The van der Waals surface area contributed by atoms with E-state index in [-0.39, 0.29) is 6.10 Å². The van der Waals surface area contributed by atoms with Crippen molar-refractivity contribution in [3.63, 3.8) is 0 Å². The highest BCUT2D eigenvalue weighted by atomic mass is 28.2. The van der Waals surface area contributed by atoms with Gasteiger partial charge in [-0.1, -0.05) is 58.4 Å². The van der Waals surface area contributed by atoms with Gasteiger partial charge in [0.05, 0.1) is 6.10 Å². The van der Waals surface area contributed by atoms with Crippen LogP contribution >= 0.6 is 0 Å². The zero-order valence-corrected chi connectivity index (χ0v) is 14.9. The molecule has 1 atom stereocenters. The molecule has 0 aromatic heterocycles. The fourth-order valence-corrected chi connectivity index (χ4v) is 3.93. The fourth-order valence-electron chi connectivity index (χ4n) is 2.59. The lowest BCUT2D eigenvalue weighted by atomic mass is 9.99. The lowest BCUT2D eigenvalue weighted by Crippen LogP contribution is -2.17. The number of aliphatic hydroxyl groups excluding tert-OH is 1. The molecule has 1 aromatic rings. The predicted octanol–water partition coefficient (Wildman–Crippen LogP) is 3.77. The first-order valence-electron chi connectivity index (χ1n) is 7.83. The van der Waals surface area contributed by atoms with Crippen molar-refractivity contribution in [2.45, 2.75) is 64.5 Å². The van der Waals surface area contributed by atoms with Gasteiger partial charge in [-0.05, 0) is 35.4 Å². The highest BCUT2D eigenvalue weighted by Gasteiger charge is 2.18. The molecular weight excluding hydrogens is 264 g/mol. The second-order valence-electron chi connectivity index (χ2n) is 6.34. The Morgan fingerprint density at radius 3 is 2.60 bits per heavy atom. The highest BCUT2D eigenvalue weighted by Crippen LogP contribution is 2.29. The Labute approximate surface area is 126 Å². The predicted molar refractivity (Wildman–Crippen MR) is 88.8 cm³/mol.